The highest BCUT2D eigenvalue weighted by Gasteiger charge is 2.32. The summed E-state index contributed by atoms with van der Waals surface area (Å²) in [6.45, 7) is 1.98. The van der Waals surface area contributed by atoms with E-state index in [0.29, 0.717) is 27.2 Å². The van der Waals surface area contributed by atoms with Gasteiger partial charge in [0.05, 0.1) is 4.91 Å². The molecule has 2 aliphatic heterocycles. The molecule has 4 nitrogen and oxygen atoms in total. The van der Waals surface area contributed by atoms with E-state index in [4.69, 9.17) is 23.8 Å². The Hall–Kier alpha value is -1.37. The summed E-state index contributed by atoms with van der Waals surface area (Å²) in [4.78, 5) is 29.1. The lowest BCUT2D eigenvalue weighted by Crippen LogP contribution is -2.36. The fraction of sp³-hybridized carbons (Fsp3) is 0.421. The van der Waals surface area contributed by atoms with Crippen molar-refractivity contribution in [3.8, 4) is 0 Å². The van der Waals surface area contributed by atoms with Gasteiger partial charge in [0, 0.05) is 31.1 Å². The molecule has 0 unspecified atom stereocenters. The molecule has 0 aromatic heterocycles. The van der Waals surface area contributed by atoms with Gasteiger partial charge in [0.1, 0.15) is 4.32 Å². The van der Waals surface area contributed by atoms with Gasteiger partial charge in [-0.2, -0.15) is 0 Å². The number of amides is 2. The molecule has 1 aromatic carbocycles. The van der Waals surface area contributed by atoms with Gasteiger partial charge in [-0.3, -0.25) is 14.5 Å². The summed E-state index contributed by atoms with van der Waals surface area (Å²) < 4.78 is 0.497. The Kier molecular flexibility index (Phi) is 6.73. The minimum absolute atomic E-state index is 0.107. The highest BCUT2D eigenvalue weighted by atomic mass is 35.5. The van der Waals surface area contributed by atoms with Crippen LogP contribution in [0.5, 0.6) is 0 Å². The Morgan fingerprint density at radius 2 is 1.88 bits per heavy atom. The molecule has 0 saturated carbocycles. The Morgan fingerprint density at radius 1 is 1.19 bits per heavy atom. The van der Waals surface area contributed by atoms with E-state index in [1.807, 2.05) is 23.1 Å². The van der Waals surface area contributed by atoms with Gasteiger partial charge < -0.3 is 4.90 Å². The van der Waals surface area contributed by atoms with Gasteiger partial charge in [-0.05, 0) is 30.5 Å². The molecule has 26 heavy (non-hydrogen) atoms. The van der Waals surface area contributed by atoms with E-state index in [-0.39, 0.29) is 11.8 Å². The number of halogens is 1. The second-order valence-electron chi connectivity index (χ2n) is 6.40. The van der Waals surface area contributed by atoms with Crippen LogP contribution < -0.4 is 0 Å². The number of nitrogens with zero attached hydrogens (tertiary/aromatic N) is 2. The highest BCUT2D eigenvalue weighted by molar-refractivity contribution is 8.26. The van der Waals surface area contributed by atoms with Gasteiger partial charge in [0.25, 0.3) is 5.91 Å². The molecule has 2 heterocycles. The zero-order valence-electron chi connectivity index (χ0n) is 14.4. The molecule has 3 rings (SSSR count). The Labute approximate surface area is 168 Å². The van der Waals surface area contributed by atoms with Crippen molar-refractivity contribution >= 4 is 57.8 Å². The van der Waals surface area contributed by atoms with E-state index in [9.17, 15) is 9.59 Å². The summed E-state index contributed by atoms with van der Waals surface area (Å²) in [6.07, 6.45) is 6.57. The number of carbonyl (C=O) groups excluding carboxylic acids is 2. The zero-order valence-corrected chi connectivity index (χ0v) is 16.8. The maximum atomic E-state index is 12.7. The average Bonchev–Trinajstić information content (AvgIpc) is 2.83. The van der Waals surface area contributed by atoms with Crippen LogP contribution in [0.2, 0.25) is 5.02 Å². The molecule has 0 aliphatic carbocycles. The van der Waals surface area contributed by atoms with Crippen molar-refractivity contribution in [2.75, 3.05) is 19.6 Å². The summed E-state index contributed by atoms with van der Waals surface area (Å²) in [7, 11) is 0. The molecular weight excluding hydrogens is 388 g/mol. The molecule has 0 radical (unpaired) electrons. The summed E-state index contributed by atoms with van der Waals surface area (Å²) in [5.74, 6) is -0.0420. The summed E-state index contributed by atoms with van der Waals surface area (Å²) in [5.41, 5.74) is 0.787. The number of benzene rings is 1. The lowest BCUT2D eigenvalue weighted by molar-refractivity contribution is -0.131. The smallest absolute Gasteiger partial charge is 0.266 e. The van der Waals surface area contributed by atoms with Crippen LogP contribution in [-0.4, -0.2) is 45.6 Å². The molecule has 2 aliphatic rings. The monoisotopic (exact) mass is 408 g/mol. The Bertz CT molecular complexity index is 743. The molecule has 7 heteroatoms. The fourth-order valence-corrected chi connectivity index (χ4v) is 4.60. The van der Waals surface area contributed by atoms with E-state index in [2.05, 4.69) is 0 Å². The van der Waals surface area contributed by atoms with Crippen molar-refractivity contribution in [2.45, 2.75) is 32.1 Å². The molecule has 2 amide bonds. The van der Waals surface area contributed by atoms with E-state index < -0.39 is 0 Å². The number of hydrogen-bond donors (Lipinski definition) is 0. The van der Waals surface area contributed by atoms with Crippen molar-refractivity contribution in [3.05, 3.63) is 39.8 Å². The Morgan fingerprint density at radius 3 is 2.58 bits per heavy atom. The first-order valence-electron chi connectivity index (χ1n) is 8.84. The van der Waals surface area contributed by atoms with Crippen LogP contribution in [0.25, 0.3) is 6.08 Å². The maximum Gasteiger partial charge on any atom is 0.266 e. The van der Waals surface area contributed by atoms with E-state index in [1.54, 1.807) is 12.1 Å². The number of hydrogen-bond acceptors (Lipinski definition) is 4. The normalized spacial score (nSPS) is 20.0. The van der Waals surface area contributed by atoms with Crippen LogP contribution in [0, 0.1) is 0 Å². The molecule has 0 atom stereocenters. The molecule has 2 fully saturated rings. The maximum absolute atomic E-state index is 12.7. The topological polar surface area (TPSA) is 40.6 Å². The largest absolute Gasteiger partial charge is 0.343 e. The first kappa shape index (κ1) is 19.4. The summed E-state index contributed by atoms with van der Waals surface area (Å²) in [5, 5.41) is 0.592. The lowest BCUT2D eigenvalue weighted by atomic mass is 10.2. The van der Waals surface area contributed by atoms with E-state index in [0.717, 1.165) is 31.5 Å². The minimum atomic E-state index is -0.149. The van der Waals surface area contributed by atoms with Gasteiger partial charge in [-0.15, -0.1) is 0 Å². The number of thioether (sulfide) groups is 1. The second kappa shape index (κ2) is 9.02. The predicted octanol–water partition coefficient (Wildman–Crippen LogP) is 4.33. The first-order valence-corrected chi connectivity index (χ1v) is 10.4. The molecule has 1 aromatic rings. The molecule has 2 saturated heterocycles. The first-order chi connectivity index (χ1) is 12.6. The van der Waals surface area contributed by atoms with Gasteiger partial charge >= 0.3 is 0 Å². The quantitative estimate of drug-likeness (QED) is 0.549. The van der Waals surface area contributed by atoms with Crippen molar-refractivity contribution in [1.29, 1.82) is 0 Å². The van der Waals surface area contributed by atoms with Gasteiger partial charge in [0.15, 0.2) is 0 Å². The van der Waals surface area contributed by atoms with Crippen LogP contribution in [0.4, 0.5) is 0 Å². The van der Waals surface area contributed by atoms with Crippen LogP contribution in [0.15, 0.2) is 29.2 Å². The van der Waals surface area contributed by atoms with Crippen LogP contribution in [0.3, 0.4) is 0 Å². The molecule has 0 N–H and O–H groups in total. The van der Waals surface area contributed by atoms with Crippen molar-refractivity contribution in [3.63, 3.8) is 0 Å². The molecular formula is C19H21ClN2O2S2. The summed E-state index contributed by atoms with van der Waals surface area (Å²) >= 11 is 12.8. The SMILES string of the molecule is O=C(CCN1C(=O)C(=Cc2ccccc2Cl)SC1=S)N1CCCCCC1. The fourth-order valence-electron chi connectivity index (χ4n) is 3.11. The predicted molar refractivity (Wildman–Crippen MR) is 111 cm³/mol. The minimum Gasteiger partial charge on any atom is -0.343 e. The van der Waals surface area contributed by atoms with Crippen molar-refractivity contribution in [1.82, 2.24) is 9.80 Å². The van der Waals surface area contributed by atoms with Crippen LogP contribution in [-0.2, 0) is 9.59 Å². The highest BCUT2D eigenvalue weighted by Crippen LogP contribution is 2.33. The standard InChI is InChI=1S/C19H21ClN2O2S2/c20-15-8-4-3-7-14(15)13-16-18(24)22(19(25)26-16)12-9-17(23)21-10-5-1-2-6-11-21/h3-4,7-8,13H,1-2,5-6,9-12H2. The number of thiocarbonyl (C=S) groups is 1. The average molecular weight is 409 g/mol. The third kappa shape index (κ3) is 4.67. The number of rotatable bonds is 4. The molecule has 0 bridgehead atoms. The van der Waals surface area contributed by atoms with Crippen LogP contribution in [0.1, 0.15) is 37.7 Å². The second-order valence-corrected chi connectivity index (χ2v) is 8.48. The van der Waals surface area contributed by atoms with Gasteiger partial charge in [-0.25, -0.2) is 0 Å². The van der Waals surface area contributed by atoms with Crippen molar-refractivity contribution in [2.24, 2.45) is 0 Å². The summed E-state index contributed by atoms with van der Waals surface area (Å²) in [6, 6.07) is 7.36. The van der Waals surface area contributed by atoms with E-state index in [1.165, 1.54) is 29.5 Å². The third-order valence-corrected chi connectivity index (χ3v) is 6.30. The van der Waals surface area contributed by atoms with Crippen LogP contribution >= 0.6 is 35.6 Å². The lowest BCUT2D eigenvalue weighted by Gasteiger charge is -2.22. The molecule has 0 spiro atoms. The van der Waals surface area contributed by atoms with Gasteiger partial charge in [0.2, 0.25) is 5.91 Å². The number of likely N-dealkylation sites (tertiary alicyclic amines) is 1. The third-order valence-electron chi connectivity index (χ3n) is 4.57. The number of carbonyl (C=O) groups is 2. The van der Waals surface area contributed by atoms with Gasteiger partial charge in [-0.1, -0.05) is 66.6 Å². The van der Waals surface area contributed by atoms with E-state index >= 15 is 0 Å². The molecule has 138 valence electrons. The zero-order chi connectivity index (χ0) is 18.5. The van der Waals surface area contributed by atoms with Crippen molar-refractivity contribution < 1.29 is 9.59 Å². The Balaban J connectivity index is 1.62.